The largest absolute Gasteiger partial charge is 0.573 e. The first-order valence-corrected chi connectivity index (χ1v) is 4.05. The van der Waals surface area contributed by atoms with Gasteiger partial charge in [0, 0.05) is 17.8 Å². The van der Waals surface area contributed by atoms with E-state index in [1.807, 2.05) is 0 Å². The van der Waals surface area contributed by atoms with Crippen LogP contribution < -0.4 is 16.2 Å². The molecule has 0 saturated carbocycles. The number of ether oxygens (including phenoxy) is 1. The number of alkyl halides is 3. The molecule has 0 aliphatic carbocycles. The first-order valence-electron chi connectivity index (χ1n) is 4.05. The molecule has 1 rings (SSSR count). The summed E-state index contributed by atoms with van der Waals surface area (Å²) in [5, 5.41) is 0. The van der Waals surface area contributed by atoms with E-state index in [0.29, 0.717) is 11.3 Å². The molecule has 0 unspecified atom stereocenters. The van der Waals surface area contributed by atoms with Gasteiger partial charge in [-0.1, -0.05) is 0 Å². The van der Waals surface area contributed by atoms with Crippen molar-refractivity contribution in [2.45, 2.75) is 19.8 Å². The van der Waals surface area contributed by atoms with E-state index in [0.717, 1.165) is 6.20 Å². The van der Waals surface area contributed by atoms with Crippen molar-refractivity contribution in [1.29, 1.82) is 0 Å². The predicted octanol–water partition coefficient (Wildman–Crippen LogP) is 1.33. The van der Waals surface area contributed by atoms with Crippen molar-refractivity contribution in [3.05, 3.63) is 17.5 Å². The van der Waals surface area contributed by atoms with Crippen LogP contribution in [0.1, 0.15) is 11.3 Å². The Bertz CT molecular complexity index is 365. The summed E-state index contributed by atoms with van der Waals surface area (Å²) in [6, 6.07) is 0. The van der Waals surface area contributed by atoms with Gasteiger partial charge in [0.25, 0.3) is 0 Å². The number of hydrogen-bond acceptors (Lipinski definition) is 4. The molecule has 4 N–H and O–H groups in total. The Balaban J connectivity index is 3.11. The molecule has 1 aromatic heterocycles. The highest BCUT2D eigenvalue weighted by Gasteiger charge is 2.32. The van der Waals surface area contributed by atoms with Crippen LogP contribution in [0, 0.1) is 6.92 Å². The maximum Gasteiger partial charge on any atom is 0.573 e. The Morgan fingerprint density at radius 1 is 1.47 bits per heavy atom. The monoisotopic (exact) mass is 221 g/mol. The minimum absolute atomic E-state index is 0.0136. The number of halogens is 3. The van der Waals surface area contributed by atoms with Crippen molar-refractivity contribution in [3.8, 4) is 5.75 Å². The summed E-state index contributed by atoms with van der Waals surface area (Å²) in [5.41, 5.74) is 11.5. The normalized spacial score (nSPS) is 11.5. The highest BCUT2D eigenvalue weighted by atomic mass is 19.4. The Hall–Kier alpha value is -1.50. The molecule has 1 heterocycles. The Labute approximate surface area is 84.0 Å². The smallest absolute Gasteiger partial charge is 0.402 e. The zero-order valence-corrected chi connectivity index (χ0v) is 7.93. The Kier molecular flexibility index (Phi) is 3.04. The van der Waals surface area contributed by atoms with E-state index >= 15 is 0 Å². The third-order valence-electron chi connectivity index (χ3n) is 1.83. The summed E-state index contributed by atoms with van der Waals surface area (Å²) in [4.78, 5) is 3.71. The summed E-state index contributed by atoms with van der Waals surface area (Å²) in [6.07, 6.45) is -3.85. The van der Waals surface area contributed by atoms with E-state index in [1.54, 1.807) is 6.92 Å². The van der Waals surface area contributed by atoms with Crippen LogP contribution in [0.15, 0.2) is 6.20 Å². The van der Waals surface area contributed by atoms with Gasteiger partial charge >= 0.3 is 6.36 Å². The highest BCUT2D eigenvalue weighted by molar-refractivity contribution is 5.58. The second-order valence-electron chi connectivity index (χ2n) is 2.85. The van der Waals surface area contributed by atoms with Gasteiger partial charge in [0.1, 0.15) is 0 Å². The van der Waals surface area contributed by atoms with Gasteiger partial charge in [-0.25, -0.2) is 0 Å². The molecular weight excluding hydrogens is 211 g/mol. The number of pyridine rings is 1. The van der Waals surface area contributed by atoms with Gasteiger partial charge in [-0.2, -0.15) is 0 Å². The average molecular weight is 221 g/mol. The summed E-state index contributed by atoms with van der Waals surface area (Å²) in [6.45, 7) is 1.62. The molecule has 7 heteroatoms. The molecule has 0 amide bonds. The number of hydrogen-bond donors (Lipinski definition) is 2. The first-order chi connectivity index (χ1) is 6.85. The zero-order chi connectivity index (χ0) is 11.6. The topological polar surface area (TPSA) is 74.2 Å². The van der Waals surface area contributed by atoms with E-state index in [-0.39, 0.29) is 12.2 Å². The fourth-order valence-corrected chi connectivity index (χ4v) is 1.11. The van der Waals surface area contributed by atoms with Crippen LogP contribution in [0.5, 0.6) is 5.75 Å². The van der Waals surface area contributed by atoms with E-state index in [1.165, 1.54) is 0 Å². The summed E-state index contributed by atoms with van der Waals surface area (Å²) >= 11 is 0. The fourth-order valence-electron chi connectivity index (χ4n) is 1.11. The maximum absolute atomic E-state index is 11.9. The molecular formula is C8H10F3N3O. The van der Waals surface area contributed by atoms with E-state index in [2.05, 4.69) is 9.72 Å². The minimum atomic E-state index is -4.78. The lowest BCUT2D eigenvalue weighted by Crippen LogP contribution is -2.19. The maximum atomic E-state index is 11.9. The third kappa shape index (κ3) is 2.72. The van der Waals surface area contributed by atoms with Crippen LogP contribution in [0.25, 0.3) is 0 Å². The molecule has 15 heavy (non-hydrogen) atoms. The van der Waals surface area contributed by atoms with Crippen molar-refractivity contribution in [3.63, 3.8) is 0 Å². The van der Waals surface area contributed by atoms with Gasteiger partial charge in [0.15, 0.2) is 5.75 Å². The lowest BCUT2D eigenvalue weighted by molar-refractivity contribution is -0.274. The van der Waals surface area contributed by atoms with Crippen LogP contribution >= 0.6 is 0 Å². The Morgan fingerprint density at radius 3 is 2.53 bits per heavy atom. The Morgan fingerprint density at radius 2 is 2.07 bits per heavy atom. The molecule has 0 aliphatic heterocycles. The number of nitrogens with zero attached hydrogens (tertiary/aromatic N) is 1. The second-order valence-corrected chi connectivity index (χ2v) is 2.85. The standard InChI is InChI=1S/C8H10F3N3O/c1-4-5(2-12)7(13)6(3-14-4)15-8(9,10)11/h3H,2,12H2,1H3,(H2,13,14). The molecule has 0 radical (unpaired) electrons. The lowest BCUT2D eigenvalue weighted by Gasteiger charge is -2.13. The average Bonchev–Trinajstić information content (AvgIpc) is 2.09. The molecule has 0 atom stereocenters. The second kappa shape index (κ2) is 3.93. The zero-order valence-electron chi connectivity index (χ0n) is 7.93. The fraction of sp³-hybridized carbons (Fsp3) is 0.375. The molecule has 0 fully saturated rings. The van der Waals surface area contributed by atoms with Gasteiger partial charge in [-0.3, -0.25) is 4.98 Å². The number of aromatic nitrogens is 1. The van der Waals surface area contributed by atoms with Gasteiger partial charge in [-0.15, -0.1) is 13.2 Å². The van der Waals surface area contributed by atoms with Crippen LogP contribution in [0.2, 0.25) is 0 Å². The summed E-state index contributed by atoms with van der Waals surface area (Å²) < 4.78 is 39.4. The quantitative estimate of drug-likeness (QED) is 0.790. The summed E-state index contributed by atoms with van der Waals surface area (Å²) in [5.74, 6) is -0.520. The van der Waals surface area contributed by atoms with E-state index < -0.39 is 12.1 Å². The van der Waals surface area contributed by atoms with Crippen LogP contribution in [0.3, 0.4) is 0 Å². The number of nitrogen functional groups attached to an aromatic ring is 1. The van der Waals surface area contributed by atoms with E-state index in [9.17, 15) is 13.2 Å². The minimum Gasteiger partial charge on any atom is -0.402 e. The molecule has 0 spiro atoms. The van der Waals surface area contributed by atoms with Gasteiger partial charge in [0.05, 0.1) is 11.9 Å². The number of nitrogens with two attached hydrogens (primary N) is 2. The van der Waals surface area contributed by atoms with E-state index in [4.69, 9.17) is 11.5 Å². The highest BCUT2D eigenvalue weighted by Crippen LogP contribution is 2.30. The summed E-state index contributed by atoms with van der Waals surface area (Å²) in [7, 11) is 0. The van der Waals surface area contributed by atoms with Crippen LogP contribution in [-0.4, -0.2) is 11.3 Å². The van der Waals surface area contributed by atoms with Gasteiger partial charge in [-0.05, 0) is 6.92 Å². The third-order valence-corrected chi connectivity index (χ3v) is 1.83. The van der Waals surface area contributed by atoms with Crippen LogP contribution in [0.4, 0.5) is 18.9 Å². The lowest BCUT2D eigenvalue weighted by atomic mass is 10.1. The van der Waals surface area contributed by atoms with Crippen molar-refractivity contribution in [2.75, 3.05) is 5.73 Å². The molecule has 0 aromatic carbocycles. The van der Waals surface area contributed by atoms with Gasteiger partial charge < -0.3 is 16.2 Å². The first kappa shape index (κ1) is 11.6. The van der Waals surface area contributed by atoms with Crippen molar-refractivity contribution >= 4 is 5.69 Å². The van der Waals surface area contributed by atoms with Crippen molar-refractivity contribution < 1.29 is 17.9 Å². The molecule has 0 bridgehead atoms. The van der Waals surface area contributed by atoms with Crippen molar-refractivity contribution in [2.24, 2.45) is 5.73 Å². The molecule has 0 aliphatic rings. The molecule has 4 nitrogen and oxygen atoms in total. The number of anilines is 1. The molecule has 1 aromatic rings. The number of rotatable bonds is 2. The van der Waals surface area contributed by atoms with Crippen molar-refractivity contribution in [1.82, 2.24) is 4.98 Å². The molecule has 84 valence electrons. The van der Waals surface area contributed by atoms with Gasteiger partial charge in [0.2, 0.25) is 0 Å². The molecule has 0 saturated heterocycles. The van der Waals surface area contributed by atoms with Crippen LogP contribution in [-0.2, 0) is 6.54 Å². The predicted molar refractivity (Wildman–Crippen MR) is 48.0 cm³/mol. The number of aryl methyl sites for hydroxylation is 1. The SMILES string of the molecule is Cc1ncc(OC(F)(F)F)c(N)c1CN.